The fourth-order valence-corrected chi connectivity index (χ4v) is 3.47. The van der Waals surface area contributed by atoms with E-state index in [1.54, 1.807) is 6.92 Å². The molecule has 0 amide bonds. The Morgan fingerprint density at radius 1 is 1.00 bits per heavy atom. The minimum absolute atomic E-state index is 0.0458. The van der Waals surface area contributed by atoms with Gasteiger partial charge in [-0.2, -0.15) is 8.78 Å². The molecule has 35 heavy (non-hydrogen) atoms. The lowest BCUT2D eigenvalue weighted by molar-refractivity contribution is -0.0183. The topological polar surface area (TPSA) is 77.9 Å². The highest BCUT2D eigenvalue weighted by Gasteiger charge is 2.35. The maximum absolute atomic E-state index is 15.1. The van der Waals surface area contributed by atoms with Gasteiger partial charge in [-0.3, -0.25) is 4.79 Å². The van der Waals surface area contributed by atoms with Crippen LogP contribution in [0.3, 0.4) is 0 Å². The predicted octanol–water partition coefficient (Wildman–Crippen LogP) is 5.34. The number of hydrogen-bond acceptors (Lipinski definition) is 6. The zero-order valence-corrected chi connectivity index (χ0v) is 19.6. The quantitative estimate of drug-likeness (QED) is 0.367. The first-order chi connectivity index (χ1) is 16.7. The van der Waals surface area contributed by atoms with Crippen LogP contribution in [0, 0.1) is 12.7 Å². The molecule has 0 atom stereocenters. The zero-order valence-electron chi connectivity index (χ0n) is 19.6. The second-order valence-corrected chi connectivity index (χ2v) is 7.78. The monoisotopic (exact) mass is 489 g/mol. The molecule has 0 aliphatic rings. The van der Waals surface area contributed by atoms with Gasteiger partial charge in [0.1, 0.15) is 29.6 Å². The van der Waals surface area contributed by atoms with Crippen LogP contribution in [0.25, 0.3) is 11.3 Å². The molecule has 186 valence electrons. The van der Waals surface area contributed by atoms with Crippen LogP contribution in [0.2, 0.25) is 0 Å². The number of carbonyl (C=O) groups is 1. The van der Waals surface area contributed by atoms with E-state index in [0.717, 1.165) is 6.07 Å². The van der Waals surface area contributed by atoms with Gasteiger partial charge in [0.2, 0.25) is 0 Å². The van der Waals surface area contributed by atoms with Crippen molar-refractivity contribution in [3.05, 3.63) is 71.2 Å². The number of rotatable bonds is 11. The van der Waals surface area contributed by atoms with Gasteiger partial charge in [-0.05, 0) is 61.0 Å². The minimum atomic E-state index is -3.40. The van der Waals surface area contributed by atoms with Gasteiger partial charge in [0.05, 0.1) is 20.8 Å². The number of halogens is 3. The fraction of sp³-hybridized carbons (Fsp3) is 0.308. The van der Waals surface area contributed by atoms with Crippen LogP contribution < -0.4 is 14.2 Å². The Bertz CT molecular complexity index is 1200. The minimum Gasteiger partial charge on any atom is -0.494 e. The zero-order chi connectivity index (χ0) is 25.6. The molecule has 0 aliphatic heterocycles. The van der Waals surface area contributed by atoms with Crippen LogP contribution in [0.15, 0.2) is 48.5 Å². The third kappa shape index (κ3) is 6.10. The van der Waals surface area contributed by atoms with Gasteiger partial charge in [-0.1, -0.05) is 0 Å². The number of aliphatic hydroxyl groups is 1. The number of benzene rings is 2. The molecule has 0 radical (unpaired) electrons. The van der Waals surface area contributed by atoms with E-state index in [9.17, 15) is 9.18 Å². The summed E-state index contributed by atoms with van der Waals surface area (Å²) in [6, 6.07) is 11.1. The van der Waals surface area contributed by atoms with E-state index in [2.05, 4.69) is 4.98 Å². The molecule has 1 aromatic heterocycles. The number of carbonyl (C=O) groups excluding carboxylic acids is 1. The third-order valence-corrected chi connectivity index (χ3v) is 5.38. The Kier molecular flexibility index (Phi) is 8.34. The standard InChI is InChI=1S/C26H26F3NO5/c1-16-14-18(4-6-19(16)27)25-22(33-2)8-9-24(30-25)26(28,29)11-10-20(32)17-5-7-21(35-13-12-31)23(15-17)34-3/h4-9,14-15,31H,10-13H2,1-3H3. The first kappa shape index (κ1) is 26.0. The average Bonchev–Trinajstić information content (AvgIpc) is 2.87. The molecule has 0 saturated heterocycles. The molecule has 0 spiro atoms. The van der Waals surface area contributed by atoms with Crippen molar-refractivity contribution in [2.75, 3.05) is 27.4 Å². The summed E-state index contributed by atoms with van der Waals surface area (Å²) in [7, 11) is 2.78. The number of ether oxygens (including phenoxy) is 3. The fourth-order valence-electron chi connectivity index (χ4n) is 3.47. The summed E-state index contributed by atoms with van der Waals surface area (Å²) in [5.41, 5.74) is 0.609. The highest BCUT2D eigenvalue weighted by atomic mass is 19.3. The highest BCUT2D eigenvalue weighted by molar-refractivity contribution is 5.96. The lowest BCUT2D eigenvalue weighted by atomic mass is 10.0. The van der Waals surface area contributed by atoms with Crippen molar-refractivity contribution in [3.63, 3.8) is 0 Å². The molecule has 1 heterocycles. The number of methoxy groups -OCH3 is 2. The molecular weight excluding hydrogens is 463 g/mol. The average molecular weight is 489 g/mol. The summed E-state index contributed by atoms with van der Waals surface area (Å²) in [5, 5.41) is 8.89. The van der Waals surface area contributed by atoms with Gasteiger partial charge in [-0.25, -0.2) is 9.37 Å². The number of alkyl halides is 2. The third-order valence-electron chi connectivity index (χ3n) is 5.38. The van der Waals surface area contributed by atoms with Crippen molar-refractivity contribution < 1.29 is 37.3 Å². The Morgan fingerprint density at radius 2 is 1.71 bits per heavy atom. The molecule has 0 fully saturated rings. The summed E-state index contributed by atoms with van der Waals surface area (Å²) in [4.78, 5) is 16.7. The van der Waals surface area contributed by atoms with E-state index in [0.29, 0.717) is 16.9 Å². The van der Waals surface area contributed by atoms with E-state index < -0.39 is 36.1 Å². The van der Waals surface area contributed by atoms with Crippen molar-refractivity contribution >= 4 is 5.78 Å². The predicted molar refractivity (Wildman–Crippen MR) is 124 cm³/mol. The largest absolute Gasteiger partial charge is 0.494 e. The number of ketones is 1. The Balaban J connectivity index is 1.80. The second-order valence-electron chi connectivity index (χ2n) is 7.78. The number of pyridine rings is 1. The highest BCUT2D eigenvalue weighted by Crippen LogP contribution is 2.37. The number of Topliss-reactive ketones (excluding diaryl/α,β-unsaturated/α-hetero) is 1. The van der Waals surface area contributed by atoms with E-state index in [4.69, 9.17) is 19.3 Å². The summed E-state index contributed by atoms with van der Waals surface area (Å²) in [6.07, 6.45) is -1.20. The van der Waals surface area contributed by atoms with Gasteiger partial charge in [0.15, 0.2) is 17.3 Å². The molecule has 3 aromatic rings. The van der Waals surface area contributed by atoms with Crippen molar-refractivity contribution in [2.24, 2.45) is 0 Å². The number of hydrogen-bond donors (Lipinski definition) is 1. The first-order valence-corrected chi connectivity index (χ1v) is 10.8. The maximum Gasteiger partial charge on any atom is 0.290 e. The van der Waals surface area contributed by atoms with Crippen molar-refractivity contribution in [2.45, 2.75) is 25.7 Å². The molecule has 1 N–H and O–H groups in total. The lowest BCUT2D eigenvalue weighted by Crippen LogP contribution is -2.18. The molecule has 0 saturated carbocycles. The molecule has 0 unspecified atom stereocenters. The summed E-state index contributed by atoms with van der Waals surface area (Å²) >= 11 is 0. The van der Waals surface area contributed by atoms with Gasteiger partial charge < -0.3 is 19.3 Å². The van der Waals surface area contributed by atoms with Gasteiger partial charge in [-0.15, -0.1) is 0 Å². The van der Waals surface area contributed by atoms with E-state index in [1.165, 1.54) is 56.7 Å². The van der Waals surface area contributed by atoms with E-state index in [1.807, 2.05) is 0 Å². The van der Waals surface area contributed by atoms with Gasteiger partial charge >= 0.3 is 0 Å². The number of nitrogens with zero attached hydrogens (tertiary/aromatic N) is 1. The molecular formula is C26H26F3NO5. The summed E-state index contributed by atoms with van der Waals surface area (Å²) < 4.78 is 59.6. The van der Waals surface area contributed by atoms with Gasteiger partial charge in [0.25, 0.3) is 5.92 Å². The lowest BCUT2D eigenvalue weighted by Gasteiger charge is -2.18. The normalized spacial score (nSPS) is 11.3. The van der Waals surface area contributed by atoms with Gasteiger partial charge in [0, 0.05) is 24.0 Å². The Labute approximate surface area is 201 Å². The Morgan fingerprint density at radius 3 is 2.37 bits per heavy atom. The number of aromatic nitrogens is 1. The van der Waals surface area contributed by atoms with Crippen LogP contribution in [0.4, 0.5) is 13.2 Å². The molecule has 2 aromatic carbocycles. The van der Waals surface area contributed by atoms with Crippen LogP contribution in [-0.4, -0.2) is 43.3 Å². The second kappa shape index (κ2) is 11.2. The molecule has 9 heteroatoms. The number of aliphatic hydroxyl groups excluding tert-OH is 1. The van der Waals surface area contributed by atoms with Crippen molar-refractivity contribution in [3.8, 4) is 28.5 Å². The Hall–Kier alpha value is -3.59. The molecule has 0 bridgehead atoms. The smallest absolute Gasteiger partial charge is 0.290 e. The van der Waals surface area contributed by atoms with Crippen LogP contribution in [0.5, 0.6) is 17.2 Å². The molecule has 0 aliphatic carbocycles. The van der Waals surface area contributed by atoms with Crippen LogP contribution >= 0.6 is 0 Å². The molecule has 3 rings (SSSR count). The van der Waals surface area contributed by atoms with Crippen LogP contribution in [0.1, 0.15) is 34.5 Å². The van der Waals surface area contributed by atoms with Crippen molar-refractivity contribution in [1.29, 1.82) is 0 Å². The first-order valence-electron chi connectivity index (χ1n) is 10.8. The maximum atomic E-state index is 15.1. The van der Waals surface area contributed by atoms with Crippen LogP contribution in [-0.2, 0) is 5.92 Å². The van der Waals surface area contributed by atoms with E-state index >= 15 is 8.78 Å². The van der Waals surface area contributed by atoms with Crippen molar-refractivity contribution in [1.82, 2.24) is 4.98 Å². The number of aryl methyl sites for hydroxylation is 1. The van der Waals surface area contributed by atoms with E-state index in [-0.39, 0.29) is 36.0 Å². The SMILES string of the molecule is COc1cc(C(=O)CCC(F)(F)c2ccc(OC)c(-c3ccc(F)c(C)c3)n2)ccc1OCCO. The summed E-state index contributed by atoms with van der Waals surface area (Å²) in [5.74, 6) is -3.47. The molecule has 6 nitrogen and oxygen atoms in total. The summed E-state index contributed by atoms with van der Waals surface area (Å²) in [6.45, 7) is 1.42.